The third-order valence-electron chi connectivity index (χ3n) is 3.43. The Bertz CT molecular complexity index is 531. The summed E-state index contributed by atoms with van der Waals surface area (Å²) in [6.45, 7) is 6.83. The summed E-state index contributed by atoms with van der Waals surface area (Å²) in [5, 5.41) is 9.74. The van der Waals surface area contributed by atoms with Gasteiger partial charge < -0.3 is 14.7 Å². The summed E-state index contributed by atoms with van der Waals surface area (Å²) in [6.07, 6.45) is -1.25. The molecular formula is C16H22FNO3. The van der Waals surface area contributed by atoms with Crippen molar-refractivity contribution in [2.75, 3.05) is 13.1 Å². The number of benzene rings is 1. The second-order valence-corrected chi connectivity index (χ2v) is 6.56. The fraction of sp³-hybridized carbons (Fsp3) is 0.562. The molecule has 0 aromatic heterocycles. The second-order valence-electron chi connectivity index (χ2n) is 6.56. The lowest BCUT2D eigenvalue weighted by Crippen LogP contribution is -2.60. The molecule has 1 unspecified atom stereocenters. The fourth-order valence-electron chi connectivity index (χ4n) is 2.45. The SMILES string of the molecule is CC(O)c1ccccc1C1(F)CN(C(=O)OC(C)(C)C)C1. The van der Waals surface area contributed by atoms with Crippen LogP contribution in [0.4, 0.5) is 9.18 Å². The molecule has 0 saturated carbocycles. The van der Waals surface area contributed by atoms with Gasteiger partial charge in [-0.25, -0.2) is 9.18 Å². The zero-order chi connectivity index (χ0) is 15.8. The van der Waals surface area contributed by atoms with Crippen molar-refractivity contribution in [1.82, 2.24) is 4.90 Å². The van der Waals surface area contributed by atoms with Gasteiger partial charge in [-0.05, 0) is 38.8 Å². The van der Waals surface area contributed by atoms with Gasteiger partial charge in [0.2, 0.25) is 0 Å². The molecule has 1 amide bonds. The summed E-state index contributed by atoms with van der Waals surface area (Å²) in [5.74, 6) is 0. The summed E-state index contributed by atoms with van der Waals surface area (Å²) in [6, 6.07) is 6.86. The van der Waals surface area contributed by atoms with Gasteiger partial charge in [-0.1, -0.05) is 24.3 Å². The number of carbonyl (C=O) groups excluding carboxylic acids is 1. The number of hydrogen-bond donors (Lipinski definition) is 1. The van der Waals surface area contributed by atoms with Crippen LogP contribution in [0.5, 0.6) is 0 Å². The lowest BCUT2D eigenvalue weighted by Gasteiger charge is -2.45. The molecule has 2 rings (SSSR count). The molecule has 1 atom stereocenters. The van der Waals surface area contributed by atoms with Crippen molar-refractivity contribution in [1.29, 1.82) is 0 Å². The number of rotatable bonds is 2. The molecule has 21 heavy (non-hydrogen) atoms. The van der Waals surface area contributed by atoms with E-state index in [1.807, 2.05) is 0 Å². The highest BCUT2D eigenvalue weighted by Crippen LogP contribution is 2.40. The van der Waals surface area contributed by atoms with Crippen LogP contribution in [0.2, 0.25) is 0 Å². The van der Waals surface area contributed by atoms with Crippen LogP contribution in [0.25, 0.3) is 0 Å². The van der Waals surface area contributed by atoms with Gasteiger partial charge in [0.25, 0.3) is 0 Å². The Balaban J connectivity index is 2.10. The van der Waals surface area contributed by atoms with Crippen LogP contribution in [0.1, 0.15) is 44.9 Å². The number of alkyl halides is 1. The molecule has 1 aromatic rings. The number of aliphatic hydroxyl groups is 1. The summed E-state index contributed by atoms with van der Waals surface area (Å²) < 4.78 is 20.2. The molecule has 0 aliphatic carbocycles. The summed E-state index contributed by atoms with van der Waals surface area (Å²) >= 11 is 0. The normalized spacial score (nSPS) is 18.9. The van der Waals surface area contributed by atoms with E-state index >= 15 is 0 Å². The first-order valence-electron chi connectivity index (χ1n) is 7.07. The molecule has 5 heteroatoms. The lowest BCUT2D eigenvalue weighted by atomic mass is 9.84. The molecule has 1 N–H and O–H groups in total. The summed E-state index contributed by atoms with van der Waals surface area (Å²) in [5.41, 5.74) is -1.21. The Morgan fingerprint density at radius 2 is 1.95 bits per heavy atom. The monoisotopic (exact) mass is 295 g/mol. The average molecular weight is 295 g/mol. The smallest absolute Gasteiger partial charge is 0.410 e. The molecule has 0 bridgehead atoms. The highest BCUT2D eigenvalue weighted by Gasteiger charge is 2.49. The molecule has 1 aliphatic rings. The van der Waals surface area contributed by atoms with Gasteiger partial charge in [-0.15, -0.1) is 0 Å². The number of likely N-dealkylation sites (tertiary alicyclic amines) is 1. The van der Waals surface area contributed by atoms with Crippen LogP contribution < -0.4 is 0 Å². The molecule has 1 fully saturated rings. The minimum absolute atomic E-state index is 0.0500. The highest BCUT2D eigenvalue weighted by molar-refractivity contribution is 5.70. The van der Waals surface area contributed by atoms with Gasteiger partial charge in [0.1, 0.15) is 5.60 Å². The van der Waals surface area contributed by atoms with Crippen molar-refractivity contribution in [2.45, 2.75) is 45.1 Å². The molecule has 1 aromatic carbocycles. The maximum atomic E-state index is 14.9. The van der Waals surface area contributed by atoms with E-state index in [1.54, 1.807) is 52.0 Å². The Morgan fingerprint density at radius 3 is 2.48 bits per heavy atom. The first-order valence-corrected chi connectivity index (χ1v) is 7.07. The van der Waals surface area contributed by atoms with Gasteiger partial charge in [-0.2, -0.15) is 0 Å². The molecule has 1 heterocycles. The predicted octanol–water partition coefficient (Wildman–Crippen LogP) is 3.16. The molecule has 4 nitrogen and oxygen atoms in total. The van der Waals surface area contributed by atoms with Crippen molar-refractivity contribution in [2.24, 2.45) is 0 Å². The van der Waals surface area contributed by atoms with Crippen LogP contribution in [0.3, 0.4) is 0 Å². The second kappa shape index (κ2) is 5.30. The van der Waals surface area contributed by atoms with E-state index in [-0.39, 0.29) is 13.1 Å². The minimum atomic E-state index is -1.62. The Hall–Kier alpha value is -1.62. The third kappa shape index (κ3) is 3.35. The zero-order valence-electron chi connectivity index (χ0n) is 12.9. The van der Waals surface area contributed by atoms with E-state index in [2.05, 4.69) is 0 Å². The van der Waals surface area contributed by atoms with Crippen molar-refractivity contribution in [3.05, 3.63) is 35.4 Å². The lowest BCUT2D eigenvalue weighted by molar-refractivity contribution is -0.0547. The summed E-state index contributed by atoms with van der Waals surface area (Å²) in [4.78, 5) is 13.2. The number of amides is 1. The van der Waals surface area contributed by atoms with E-state index in [9.17, 15) is 14.3 Å². The van der Waals surface area contributed by atoms with Crippen LogP contribution in [-0.2, 0) is 10.4 Å². The van der Waals surface area contributed by atoms with Crippen molar-refractivity contribution >= 4 is 6.09 Å². The zero-order valence-corrected chi connectivity index (χ0v) is 12.9. The molecule has 1 saturated heterocycles. The quantitative estimate of drug-likeness (QED) is 0.912. The van der Waals surface area contributed by atoms with Crippen LogP contribution in [0, 0.1) is 0 Å². The van der Waals surface area contributed by atoms with Gasteiger partial charge >= 0.3 is 6.09 Å². The first kappa shape index (κ1) is 15.8. The fourth-order valence-corrected chi connectivity index (χ4v) is 2.45. The van der Waals surface area contributed by atoms with E-state index in [0.29, 0.717) is 11.1 Å². The van der Waals surface area contributed by atoms with E-state index in [0.717, 1.165) is 0 Å². The van der Waals surface area contributed by atoms with Crippen LogP contribution in [0.15, 0.2) is 24.3 Å². The number of nitrogens with zero attached hydrogens (tertiary/aromatic N) is 1. The van der Waals surface area contributed by atoms with Crippen molar-refractivity contribution < 1.29 is 19.0 Å². The Morgan fingerprint density at radius 1 is 1.38 bits per heavy atom. The maximum absolute atomic E-state index is 14.9. The number of ether oxygens (including phenoxy) is 1. The number of aliphatic hydroxyl groups excluding tert-OH is 1. The van der Waals surface area contributed by atoms with Crippen molar-refractivity contribution in [3.8, 4) is 0 Å². The van der Waals surface area contributed by atoms with Gasteiger partial charge in [-0.3, -0.25) is 0 Å². The van der Waals surface area contributed by atoms with Gasteiger partial charge in [0, 0.05) is 0 Å². The first-order chi connectivity index (χ1) is 9.62. The van der Waals surface area contributed by atoms with E-state index in [1.165, 1.54) is 4.90 Å². The maximum Gasteiger partial charge on any atom is 0.410 e. The number of hydrogen-bond acceptors (Lipinski definition) is 3. The van der Waals surface area contributed by atoms with Gasteiger partial charge in [0.05, 0.1) is 19.2 Å². The molecule has 1 aliphatic heterocycles. The standard InChI is InChI=1S/C16H22FNO3/c1-11(19)12-7-5-6-8-13(12)16(17)9-18(10-16)14(20)21-15(2,3)4/h5-8,11,19H,9-10H2,1-4H3. The van der Waals surface area contributed by atoms with Crippen LogP contribution in [-0.4, -0.2) is 34.8 Å². The molecule has 0 radical (unpaired) electrons. The summed E-state index contributed by atoms with van der Waals surface area (Å²) in [7, 11) is 0. The topological polar surface area (TPSA) is 49.8 Å². The Kier molecular flexibility index (Phi) is 3.97. The van der Waals surface area contributed by atoms with E-state index < -0.39 is 23.5 Å². The van der Waals surface area contributed by atoms with Crippen molar-refractivity contribution in [3.63, 3.8) is 0 Å². The van der Waals surface area contributed by atoms with E-state index in [4.69, 9.17) is 4.74 Å². The molecular weight excluding hydrogens is 273 g/mol. The number of carbonyl (C=O) groups is 1. The predicted molar refractivity (Wildman–Crippen MR) is 77.7 cm³/mol. The highest BCUT2D eigenvalue weighted by atomic mass is 19.1. The number of halogens is 1. The minimum Gasteiger partial charge on any atom is -0.444 e. The average Bonchev–Trinajstić information content (AvgIpc) is 2.32. The van der Waals surface area contributed by atoms with Crippen LogP contribution >= 0.6 is 0 Å². The molecule has 0 spiro atoms. The Labute approximate surface area is 124 Å². The molecule has 116 valence electrons. The largest absolute Gasteiger partial charge is 0.444 e. The third-order valence-corrected chi connectivity index (χ3v) is 3.43. The van der Waals surface area contributed by atoms with Gasteiger partial charge in [0.15, 0.2) is 5.67 Å².